The van der Waals surface area contributed by atoms with Gasteiger partial charge in [0.1, 0.15) is 24.1 Å². The molecule has 1 aromatic rings. The Morgan fingerprint density at radius 2 is 2.23 bits per heavy atom. The number of aliphatic hydroxyl groups is 1. The highest BCUT2D eigenvalue weighted by molar-refractivity contribution is 7.32. The van der Waals surface area contributed by atoms with E-state index in [4.69, 9.17) is 24.6 Å². The number of nitrogen functional groups attached to an aromatic ring is 1. The van der Waals surface area contributed by atoms with Crippen LogP contribution in [0.15, 0.2) is 17.1 Å². The molecule has 1 fully saturated rings. The first-order valence-corrected chi connectivity index (χ1v) is 7.72. The number of hydrogen-bond acceptors (Lipinski definition) is 8. The number of anilines is 1. The van der Waals surface area contributed by atoms with Gasteiger partial charge in [0.25, 0.3) is 0 Å². The van der Waals surface area contributed by atoms with Gasteiger partial charge in [-0.3, -0.25) is 9.13 Å². The third-order valence-corrected chi connectivity index (χ3v) is 3.81. The van der Waals surface area contributed by atoms with Crippen molar-refractivity contribution in [1.29, 1.82) is 0 Å². The molecule has 2 heterocycles. The van der Waals surface area contributed by atoms with E-state index in [0.29, 0.717) is 0 Å². The summed E-state index contributed by atoms with van der Waals surface area (Å²) in [6.45, 7) is 1.44. The van der Waals surface area contributed by atoms with E-state index in [0.717, 1.165) is 4.57 Å². The number of aliphatic hydroxyl groups excluding tert-OH is 1. The molecule has 1 aromatic heterocycles. The third kappa shape index (κ3) is 3.37. The summed E-state index contributed by atoms with van der Waals surface area (Å²) in [5.41, 5.74) is 4.76. The van der Waals surface area contributed by atoms with E-state index in [2.05, 4.69) is 4.98 Å². The second-order valence-corrected chi connectivity index (χ2v) is 5.59. The molecule has 3 unspecified atom stereocenters. The molecule has 0 bridgehead atoms. The summed E-state index contributed by atoms with van der Waals surface area (Å²) in [6, 6.07) is 1.40. The Kier molecular flexibility index (Phi) is 5.32. The molecule has 0 spiro atoms. The third-order valence-electron chi connectivity index (χ3n) is 3.34. The Labute approximate surface area is 126 Å². The smallest absolute Gasteiger partial charge is 0.351 e. The number of hydrogen-bond donors (Lipinski definition) is 3. The fourth-order valence-electron chi connectivity index (χ4n) is 2.40. The van der Waals surface area contributed by atoms with Crippen molar-refractivity contribution in [2.24, 2.45) is 0 Å². The minimum atomic E-state index is -3.29. The van der Waals surface area contributed by atoms with Crippen LogP contribution < -0.4 is 11.4 Å². The second kappa shape index (κ2) is 6.86. The van der Waals surface area contributed by atoms with Crippen molar-refractivity contribution in [2.45, 2.75) is 37.6 Å². The summed E-state index contributed by atoms with van der Waals surface area (Å²) in [5.74, 6) is 0.0495. The van der Waals surface area contributed by atoms with Crippen LogP contribution in [0.4, 0.5) is 5.82 Å². The van der Waals surface area contributed by atoms with Crippen LogP contribution in [-0.4, -0.2) is 51.1 Å². The van der Waals surface area contributed by atoms with E-state index < -0.39 is 44.6 Å². The fourth-order valence-corrected chi connectivity index (χ4v) is 2.90. The van der Waals surface area contributed by atoms with Crippen molar-refractivity contribution in [3.05, 3.63) is 22.7 Å². The first-order chi connectivity index (χ1) is 10.3. The van der Waals surface area contributed by atoms with E-state index in [1.165, 1.54) is 26.3 Å². The predicted octanol–water partition coefficient (Wildman–Crippen LogP) is -1.11. The summed E-state index contributed by atoms with van der Waals surface area (Å²) in [5, 5.41) is 9.77. The van der Waals surface area contributed by atoms with Crippen molar-refractivity contribution < 1.29 is 28.6 Å². The highest BCUT2D eigenvalue weighted by Gasteiger charge is 2.49. The molecule has 124 valence electrons. The zero-order chi connectivity index (χ0) is 16.4. The number of rotatable bonds is 5. The molecule has 1 saturated heterocycles. The molecular formula is C11H18N3O7P. The van der Waals surface area contributed by atoms with Crippen molar-refractivity contribution in [3.63, 3.8) is 0 Å². The molecule has 10 nitrogen and oxygen atoms in total. The first kappa shape index (κ1) is 17.1. The Balaban J connectivity index is 2.39. The number of nitrogens with two attached hydrogens (primary N) is 1. The standard InChI is InChI=1S/C11H18N3O7P/c1-5(15)7-8(21-22(17)18)9(19-2)10(20-7)14-4-3-6(12)13-11(14)16/h3-5,7-10,15,22H,1-2H3,(H,17,18)(H2,12,13,16)/t5-,7-,8?,9?,10-/m1/s1. The monoisotopic (exact) mass is 335 g/mol. The summed E-state index contributed by atoms with van der Waals surface area (Å²) in [6.07, 6.45) is -3.46. The van der Waals surface area contributed by atoms with Crippen LogP contribution in [0.2, 0.25) is 0 Å². The topological polar surface area (TPSA) is 146 Å². The normalized spacial score (nSPS) is 31.1. The maximum absolute atomic E-state index is 11.9. The lowest BCUT2D eigenvalue weighted by Gasteiger charge is -2.23. The molecule has 4 N–H and O–H groups in total. The Hall–Kier alpha value is -1.29. The highest BCUT2D eigenvalue weighted by Crippen LogP contribution is 2.38. The summed E-state index contributed by atoms with van der Waals surface area (Å²) >= 11 is 0. The molecule has 11 heteroatoms. The fraction of sp³-hybridized carbons (Fsp3) is 0.636. The number of nitrogens with zero attached hydrogens (tertiary/aromatic N) is 2. The summed E-state index contributed by atoms with van der Waals surface area (Å²) < 4.78 is 27.9. The van der Waals surface area contributed by atoms with Crippen LogP contribution in [-0.2, 0) is 18.6 Å². The number of ether oxygens (including phenoxy) is 2. The van der Waals surface area contributed by atoms with Gasteiger partial charge in [-0.15, -0.1) is 0 Å². The van der Waals surface area contributed by atoms with Gasteiger partial charge in [0.05, 0.1) is 6.10 Å². The molecule has 0 amide bonds. The summed E-state index contributed by atoms with van der Waals surface area (Å²) in [7, 11) is -1.95. The van der Waals surface area contributed by atoms with E-state index >= 15 is 0 Å². The van der Waals surface area contributed by atoms with Crippen LogP contribution >= 0.6 is 8.25 Å². The van der Waals surface area contributed by atoms with Crippen molar-refractivity contribution >= 4 is 14.1 Å². The maximum atomic E-state index is 11.9. The SMILES string of the molecule is COC1C(O[PH](=O)O)[C@@H]([C@@H](C)O)O[C@H]1n1ccc(N)nc1=O. The van der Waals surface area contributed by atoms with Crippen LogP contribution in [0, 0.1) is 0 Å². The van der Waals surface area contributed by atoms with Crippen molar-refractivity contribution in [2.75, 3.05) is 12.8 Å². The van der Waals surface area contributed by atoms with Gasteiger partial charge in [-0.25, -0.2) is 4.79 Å². The van der Waals surface area contributed by atoms with E-state index in [1.807, 2.05) is 0 Å². The van der Waals surface area contributed by atoms with Gasteiger partial charge < -0.3 is 29.7 Å². The molecule has 0 saturated carbocycles. The zero-order valence-electron chi connectivity index (χ0n) is 11.9. The lowest BCUT2D eigenvalue weighted by Crippen LogP contribution is -2.40. The van der Waals surface area contributed by atoms with Crippen LogP contribution in [0.1, 0.15) is 13.2 Å². The van der Waals surface area contributed by atoms with Crippen LogP contribution in [0.25, 0.3) is 0 Å². The van der Waals surface area contributed by atoms with Gasteiger partial charge in [0.2, 0.25) is 0 Å². The van der Waals surface area contributed by atoms with Gasteiger partial charge >= 0.3 is 13.9 Å². The number of methoxy groups -OCH3 is 1. The average Bonchev–Trinajstić information content (AvgIpc) is 2.76. The van der Waals surface area contributed by atoms with Gasteiger partial charge in [0, 0.05) is 13.3 Å². The molecule has 1 aliphatic heterocycles. The minimum Gasteiger partial charge on any atom is -0.391 e. The highest BCUT2D eigenvalue weighted by atomic mass is 31.1. The quantitative estimate of drug-likeness (QED) is 0.570. The second-order valence-electron chi connectivity index (χ2n) is 4.82. The number of aromatic nitrogens is 2. The Morgan fingerprint density at radius 1 is 1.55 bits per heavy atom. The molecule has 2 rings (SSSR count). The predicted molar refractivity (Wildman–Crippen MR) is 75.4 cm³/mol. The van der Waals surface area contributed by atoms with Gasteiger partial charge in [-0.1, -0.05) is 0 Å². The first-order valence-electron chi connectivity index (χ1n) is 6.45. The van der Waals surface area contributed by atoms with Crippen LogP contribution in [0.3, 0.4) is 0 Å². The van der Waals surface area contributed by atoms with Gasteiger partial charge in [-0.05, 0) is 13.0 Å². The molecule has 0 aromatic carbocycles. The van der Waals surface area contributed by atoms with Crippen LogP contribution in [0.5, 0.6) is 0 Å². The van der Waals surface area contributed by atoms with E-state index in [-0.39, 0.29) is 5.82 Å². The molecule has 0 radical (unpaired) electrons. The molecule has 6 atom stereocenters. The van der Waals surface area contributed by atoms with Crippen molar-refractivity contribution in [1.82, 2.24) is 9.55 Å². The van der Waals surface area contributed by atoms with Gasteiger partial charge in [0.15, 0.2) is 6.23 Å². The molecule has 22 heavy (non-hydrogen) atoms. The minimum absolute atomic E-state index is 0.0495. The van der Waals surface area contributed by atoms with Crippen molar-refractivity contribution in [3.8, 4) is 0 Å². The van der Waals surface area contributed by atoms with E-state index in [1.54, 1.807) is 0 Å². The molecular weight excluding hydrogens is 317 g/mol. The zero-order valence-corrected chi connectivity index (χ0v) is 12.9. The summed E-state index contributed by atoms with van der Waals surface area (Å²) in [4.78, 5) is 24.5. The lowest BCUT2D eigenvalue weighted by molar-refractivity contribution is -0.0816. The van der Waals surface area contributed by atoms with E-state index in [9.17, 15) is 14.5 Å². The Bertz CT molecular complexity index is 608. The Morgan fingerprint density at radius 3 is 2.73 bits per heavy atom. The van der Waals surface area contributed by atoms with Gasteiger partial charge in [-0.2, -0.15) is 4.98 Å². The lowest BCUT2D eigenvalue weighted by atomic mass is 10.1. The largest absolute Gasteiger partial charge is 0.391 e. The molecule has 1 aliphatic rings. The average molecular weight is 335 g/mol. The maximum Gasteiger partial charge on any atom is 0.351 e. The molecule has 0 aliphatic carbocycles.